The molecule has 3 aromatic rings. The van der Waals surface area contributed by atoms with E-state index in [0.29, 0.717) is 47.0 Å². The van der Waals surface area contributed by atoms with Gasteiger partial charge in [0.15, 0.2) is 5.82 Å². The predicted molar refractivity (Wildman–Crippen MR) is 128 cm³/mol. The number of nitrogens with one attached hydrogen (secondary N) is 3. The first-order valence-corrected chi connectivity index (χ1v) is 11.8. The summed E-state index contributed by atoms with van der Waals surface area (Å²) in [6.07, 6.45) is 6.37. The Labute approximate surface area is 197 Å². The number of pyridine rings is 2. The third-order valence-electron chi connectivity index (χ3n) is 6.84. The third-order valence-corrected chi connectivity index (χ3v) is 6.84. The first kappa shape index (κ1) is 22.5. The Morgan fingerprint density at radius 3 is 2.71 bits per heavy atom. The first-order valence-electron chi connectivity index (χ1n) is 11.8. The van der Waals surface area contributed by atoms with Gasteiger partial charge in [-0.15, -0.1) is 0 Å². The van der Waals surface area contributed by atoms with Gasteiger partial charge in [0.1, 0.15) is 11.6 Å². The van der Waals surface area contributed by atoms with E-state index in [1.807, 2.05) is 19.1 Å². The molecule has 5 rings (SSSR count). The summed E-state index contributed by atoms with van der Waals surface area (Å²) < 4.78 is 17.6. The number of carbonyl (C=O) groups excluding carboxylic acids is 1. The van der Waals surface area contributed by atoms with E-state index in [4.69, 9.17) is 9.72 Å². The predicted octanol–water partition coefficient (Wildman–Crippen LogP) is 3.96. The Kier molecular flexibility index (Phi) is 6.32. The Balaban J connectivity index is 1.44. The van der Waals surface area contributed by atoms with Crippen molar-refractivity contribution in [2.24, 2.45) is 0 Å². The summed E-state index contributed by atoms with van der Waals surface area (Å²) in [5.41, 5.74) is 2.03. The standard InChI is InChI=1S/C24H30FN7O2/c1-14-8-22(31-30-14)28-21-12-20-19(9-15(13-26-20)24(33)34-2)23(29-21)27-16-10-17-4-5-18(11-16)32(17)7-3-6-25/h8-9,12-13,16-18H,3-7,10-11H2,1-2H3,(H3,27,28,29,30,31)/t16?,17-,18+. The fourth-order valence-corrected chi connectivity index (χ4v) is 5.33. The van der Waals surface area contributed by atoms with Crippen molar-refractivity contribution in [2.75, 3.05) is 31.0 Å². The maximum Gasteiger partial charge on any atom is 0.339 e. The van der Waals surface area contributed by atoms with Gasteiger partial charge < -0.3 is 15.4 Å². The third kappa shape index (κ3) is 4.54. The van der Waals surface area contributed by atoms with Crippen molar-refractivity contribution in [3.63, 3.8) is 0 Å². The molecule has 3 N–H and O–H groups in total. The van der Waals surface area contributed by atoms with E-state index in [-0.39, 0.29) is 12.7 Å². The molecule has 2 fully saturated rings. The fourth-order valence-electron chi connectivity index (χ4n) is 5.33. The molecule has 2 bridgehead atoms. The number of aryl methyl sites for hydroxylation is 1. The minimum atomic E-state index is -0.436. The van der Waals surface area contributed by atoms with Crippen LogP contribution in [0.5, 0.6) is 0 Å². The van der Waals surface area contributed by atoms with Crippen LogP contribution in [0.25, 0.3) is 10.9 Å². The first-order chi connectivity index (χ1) is 16.5. The molecular formula is C24H30FN7O2. The van der Waals surface area contributed by atoms with E-state index >= 15 is 0 Å². The van der Waals surface area contributed by atoms with Crippen molar-refractivity contribution < 1.29 is 13.9 Å². The minimum Gasteiger partial charge on any atom is -0.465 e. The molecule has 2 saturated heterocycles. The summed E-state index contributed by atoms with van der Waals surface area (Å²) in [5.74, 6) is 1.52. The summed E-state index contributed by atoms with van der Waals surface area (Å²) in [7, 11) is 1.36. The summed E-state index contributed by atoms with van der Waals surface area (Å²) >= 11 is 0. The molecule has 3 atom stereocenters. The summed E-state index contributed by atoms with van der Waals surface area (Å²) in [6.45, 7) is 2.50. The molecule has 180 valence electrons. The van der Waals surface area contributed by atoms with Crippen LogP contribution in [0.4, 0.5) is 21.8 Å². The number of fused-ring (bicyclic) bond motifs is 3. The maximum atomic E-state index is 12.7. The Hall–Kier alpha value is -3.27. The maximum absolute atomic E-state index is 12.7. The van der Waals surface area contributed by atoms with Gasteiger partial charge in [-0.3, -0.25) is 19.4 Å². The van der Waals surface area contributed by atoms with Gasteiger partial charge in [-0.25, -0.2) is 9.78 Å². The molecule has 2 aliphatic rings. The SMILES string of the molecule is COC(=O)c1cnc2cc(Nc3cc(C)[nH]n3)nc(NC3C[C@H]4CC[C@@H](C3)N4CCCF)c2c1. The van der Waals surface area contributed by atoms with E-state index < -0.39 is 5.97 Å². The lowest BCUT2D eigenvalue weighted by Crippen LogP contribution is -2.47. The van der Waals surface area contributed by atoms with Gasteiger partial charge in [-0.2, -0.15) is 5.10 Å². The Morgan fingerprint density at radius 1 is 1.24 bits per heavy atom. The van der Waals surface area contributed by atoms with E-state index in [9.17, 15) is 9.18 Å². The smallest absolute Gasteiger partial charge is 0.339 e. The number of anilines is 3. The molecule has 2 aliphatic heterocycles. The molecule has 1 unspecified atom stereocenters. The second kappa shape index (κ2) is 9.54. The molecular weight excluding hydrogens is 437 g/mol. The fraction of sp³-hybridized carbons (Fsp3) is 0.500. The number of alkyl halides is 1. The lowest BCUT2D eigenvalue weighted by atomic mass is 9.97. The minimum absolute atomic E-state index is 0.236. The number of hydrogen-bond donors (Lipinski definition) is 3. The van der Waals surface area contributed by atoms with E-state index in [1.54, 1.807) is 6.07 Å². The topological polar surface area (TPSA) is 108 Å². The normalized spacial score (nSPS) is 22.1. The largest absolute Gasteiger partial charge is 0.465 e. The van der Waals surface area contributed by atoms with Gasteiger partial charge in [-0.05, 0) is 45.1 Å². The number of methoxy groups -OCH3 is 1. The highest BCUT2D eigenvalue weighted by Gasteiger charge is 2.40. The van der Waals surface area contributed by atoms with Crippen LogP contribution in [0.2, 0.25) is 0 Å². The number of H-pyrrole nitrogens is 1. The molecule has 3 aromatic heterocycles. The van der Waals surface area contributed by atoms with E-state index in [0.717, 1.165) is 43.3 Å². The number of carbonyl (C=O) groups is 1. The Bertz CT molecular complexity index is 1170. The van der Waals surface area contributed by atoms with Gasteiger partial charge >= 0.3 is 5.97 Å². The van der Waals surface area contributed by atoms with E-state index in [2.05, 4.69) is 30.7 Å². The van der Waals surface area contributed by atoms with Crippen molar-refractivity contribution >= 4 is 34.3 Å². The number of esters is 1. The number of aromatic amines is 1. The number of halogens is 1. The van der Waals surface area contributed by atoms with Crippen molar-refractivity contribution in [1.29, 1.82) is 0 Å². The van der Waals surface area contributed by atoms with E-state index in [1.165, 1.54) is 13.3 Å². The number of hydrogen-bond acceptors (Lipinski definition) is 8. The summed E-state index contributed by atoms with van der Waals surface area (Å²) in [4.78, 5) is 24.0. The number of ether oxygens (including phenoxy) is 1. The van der Waals surface area contributed by atoms with Crippen LogP contribution >= 0.6 is 0 Å². The highest BCUT2D eigenvalue weighted by Crippen LogP contribution is 2.37. The van der Waals surface area contributed by atoms with Crippen molar-refractivity contribution in [3.8, 4) is 0 Å². The number of piperidine rings is 1. The second-order valence-corrected chi connectivity index (χ2v) is 9.18. The molecule has 0 aromatic carbocycles. The van der Waals surface area contributed by atoms with Crippen LogP contribution in [0.15, 0.2) is 24.4 Å². The molecule has 0 amide bonds. The number of nitrogens with zero attached hydrogens (tertiary/aromatic N) is 4. The Morgan fingerprint density at radius 2 is 2.03 bits per heavy atom. The van der Waals surface area contributed by atoms with Gasteiger partial charge in [0.25, 0.3) is 0 Å². The monoisotopic (exact) mass is 467 g/mol. The number of rotatable bonds is 8. The summed E-state index contributed by atoms with van der Waals surface area (Å²) in [6, 6.07) is 6.68. The summed E-state index contributed by atoms with van der Waals surface area (Å²) in [5, 5.41) is 14.8. The van der Waals surface area contributed by atoms with Crippen LogP contribution in [0.1, 0.15) is 48.2 Å². The molecule has 5 heterocycles. The molecule has 0 saturated carbocycles. The average molecular weight is 468 g/mol. The van der Waals surface area contributed by atoms with Crippen LogP contribution in [-0.2, 0) is 4.74 Å². The zero-order valence-electron chi connectivity index (χ0n) is 19.5. The quantitative estimate of drug-likeness (QED) is 0.427. The molecule has 0 radical (unpaired) electrons. The van der Waals surface area contributed by atoms with Gasteiger partial charge in [0, 0.05) is 54.1 Å². The van der Waals surface area contributed by atoms with Gasteiger partial charge in [-0.1, -0.05) is 0 Å². The van der Waals surface area contributed by atoms with Crippen LogP contribution in [0, 0.1) is 6.92 Å². The highest BCUT2D eigenvalue weighted by molar-refractivity contribution is 5.98. The van der Waals surface area contributed by atoms with Crippen LogP contribution < -0.4 is 10.6 Å². The van der Waals surface area contributed by atoms with Crippen LogP contribution in [0.3, 0.4) is 0 Å². The highest BCUT2D eigenvalue weighted by atomic mass is 19.1. The second-order valence-electron chi connectivity index (χ2n) is 9.18. The van der Waals surface area contributed by atoms with Gasteiger partial charge in [0.2, 0.25) is 0 Å². The van der Waals surface area contributed by atoms with Crippen molar-refractivity contribution in [2.45, 2.75) is 57.2 Å². The zero-order chi connectivity index (χ0) is 23.7. The molecule has 34 heavy (non-hydrogen) atoms. The molecule has 0 aliphatic carbocycles. The lowest BCUT2D eigenvalue weighted by Gasteiger charge is -2.39. The molecule has 0 spiro atoms. The van der Waals surface area contributed by atoms with Crippen molar-refractivity contribution in [1.82, 2.24) is 25.1 Å². The molecule has 9 nitrogen and oxygen atoms in total. The average Bonchev–Trinajstić information content (AvgIpc) is 3.35. The molecule has 10 heteroatoms. The number of aromatic nitrogens is 4. The van der Waals surface area contributed by atoms with Crippen LogP contribution in [-0.4, -0.2) is 69.5 Å². The lowest BCUT2D eigenvalue weighted by molar-refractivity contribution is 0.0600. The van der Waals surface area contributed by atoms with Gasteiger partial charge in [0.05, 0.1) is 24.9 Å². The van der Waals surface area contributed by atoms with Crippen molar-refractivity contribution in [3.05, 3.63) is 35.7 Å². The zero-order valence-corrected chi connectivity index (χ0v) is 19.5.